The molecule has 2 unspecified atom stereocenters. The minimum Gasteiger partial charge on any atom is -0.355 e. The molecule has 0 spiro atoms. The van der Waals surface area contributed by atoms with Crippen molar-refractivity contribution in [1.29, 1.82) is 0 Å². The van der Waals surface area contributed by atoms with Crippen LogP contribution in [0.1, 0.15) is 38.2 Å². The van der Waals surface area contributed by atoms with E-state index in [1.807, 2.05) is 6.92 Å². The molecular formula is C16H22F2N2O. The number of hydrogen-bond acceptors (Lipinski definition) is 2. The number of benzene rings is 1. The minimum atomic E-state index is -0.861. The summed E-state index contributed by atoms with van der Waals surface area (Å²) in [4.78, 5) is 12.2. The minimum absolute atomic E-state index is 0.0866. The largest absolute Gasteiger partial charge is 0.355 e. The Balaban J connectivity index is 1.88. The third-order valence-corrected chi connectivity index (χ3v) is 4.30. The maximum Gasteiger partial charge on any atom is 0.224 e. The average Bonchev–Trinajstić information content (AvgIpc) is 2.43. The van der Waals surface area contributed by atoms with Crippen LogP contribution in [-0.4, -0.2) is 18.0 Å². The van der Waals surface area contributed by atoms with Gasteiger partial charge in [0.2, 0.25) is 5.91 Å². The number of carbonyl (C=O) groups is 1. The summed E-state index contributed by atoms with van der Waals surface area (Å²) < 4.78 is 26.6. The van der Waals surface area contributed by atoms with E-state index in [9.17, 15) is 13.6 Å². The first-order valence-corrected chi connectivity index (χ1v) is 7.41. The van der Waals surface area contributed by atoms with Crippen molar-refractivity contribution >= 4 is 5.91 Å². The fraction of sp³-hybridized carbons (Fsp3) is 0.562. The second-order valence-corrected chi connectivity index (χ2v) is 6.06. The first-order valence-electron chi connectivity index (χ1n) is 7.41. The van der Waals surface area contributed by atoms with Gasteiger partial charge in [0.15, 0.2) is 11.6 Å². The average molecular weight is 296 g/mol. The van der Waals surface area contributed by atoms with Crippen molar-refractivity contribution in [3.8, 4) is 0 Å². The van der Waals surface area contributed by atoms with Gasteiger partial charge in [-0.15, -0.1) is 0 Å². The van der Waals surface area contributed by atoms with E-state index in [-0.39, 0.29) is 30.4 Å². The van der Waals surface area contributed by atoms with Gasteiger partial charge in [0.25, 0.3) is 0 Å². The van der Waals surface area contributed by atoms with Crippen molar-refractivity contribution in [2.45, 2.75) is 44.6 Å². The first-order chi connectivity index (χ1) is 9.92. The van der Waals surface area contributed by atoms with Crippen molar-refractivity contribution in [3.63, 3.8) is 0 Å². The van der Waals surface area contributed by atoms with Crippen molar-refractivity contribution in [1.82, 2.24) is 5.32 Å². The molecular weight excluding hydrogens is 274 g/mol. The Morgan fingerprint density at radius 1 is 1.43 bits per heavy atom. The van der Waals surface area contributed by atoms with E-state index in [4.69, 9.17) is 5.73 Å². The molecule has 0 heterocycles. The zero-order chi connectivity index (χ0) is 15.5. The number of rotatable bonds is 4. The van der Waals surface area contributed by atoms with E-state index in [1.165, 1.54) is 12.1 Å². The first kappa shape index (κ1) is 15.9. The molecule has 21 heavy (non-hydrogen) atoms. The van der Waals surface area contributed by atoms with Crippen LogP contribution in [0, 0.1) is 17.6 Å². The van der Waals surface area contributed by atoms with Crippen LogP contribution in [0.2, 0.25) is 0 Å². The van der Waals surface area contributed by atoms with E-state index >= 15 is 0 Å². The van der Waals surface area contributed by atoms with Crippen LogP contribution in [-0.2, 0) is 11.2 Å². The van der Waals surface area contributed by atoms with Gasteiger partial charge in [-0.3, -0.25) is 4.79 Å². The Hall–Kier alpha value is -1.49. The lowest BCUT2D eigenvalue weighted by atomic mass is 9.74. The standard InChI is InChI=1S/C16H22F2N2O/c1-16(19)9-3-2-6-12(16)15(21)20-10-8-11-5-4-7-13(17)14(11)18/h4-5,7,12H,2-3,6,8-10,19H2,1H3,(H,20,21). The molecule has 3 nitrogen and oxygen atoms in total. The van der Waals surface area contributed by atoms with Crippen LogP contribution in [0.3, 0.4) is 0 Å². The smallest absolute Gasteiger partial charge is 0.224 e. The molecule has 3 N–H and O–H groups in total. The number of nitrogens with two attached hydrogens (primary N) is 1. The molecule has 0 aliphatic heterocycles. The van der Waals surface area contributed by atoms with E-state index in [2.05, 4.69) is 5.32 Å². The van der Waals surface area contributed by atoms with Gasteiger partial charge in [-0.25, -0.2) is 8.78 Å². The van der Waals surface area contributed by atoms with Crippen LogP contribution in [0.4, 0.5) is 8.78 Å². The van der Waals surface area contributed by atoms with Crippen LogP contribution >= 0.6 is 0 Å². The lowest BCUT2D eigenvalue weighted by Gasteiger charge is -2.37. The Labute approximate surface area is 123 Å². The predicted octanol–water partition coefficient (Wildman–Crippen LogP) is 2.53. The monoisotopic (exact) mass is 296 g/mol. The number of nitrogens with one attached hydrogen (secondary N) is 1. The normalized spacial score (nSPS) is 25.6. The molecule has 1 amide bonds. The Morgan fingerprint density at radius 3 is 2.90 bits per heavy atom. The Bertz CT molecular complexity index is 517. The second kappa shape index (κ2) is 6.52. The van der Waals surface area contributed by atoms with Crippen molar-refractivity contribution in [2.75, 3.05) is 6.54 Å². The van der Waals surface area contributed by atoms with Crippen LogP contribution in [0.15, 0.2) is 18.2 Å². The quantitative estimate of drug-likeness (QED) is 0.897. The van der Waals surface area contributed by atoms with Gasteiger partial charge < -0.3 is 11.1 Å². The zero-order valence-electron chi connectivity index (χ0n) is 12.3. The molecule has 0 radical (unpaired) electrons. The van der Waals surface area contributed by atoms with Crippen LogP contribution in [0.25, 0.3) is 0 Å². The summed E-state index contributed by atoms with van der Waals surface area (Å²) >= 11 is 0. The van der Waals surface area contributed by atoms with Gasteiger partial charge in [-0.1, -0.05) is 25.0 Å². The molecule has 0 saturated heterocycles. The molecule has 1 aromatic rings. The summed E-state index contributed by atoms with van der Waals surface area (Å²) in [5.74, 6) is -1.99. The molecule has 5 heteroatoms. The number of hydrogen-bond donors (Lipinski definition) is 2. The van der Waals surface area contributed by atoms with Crippen LogP contribution in [0.5, 0.6) is 0 Å². The molecule has 0 aromatic heterocycles. The van der Waals surface area contributed by atoms with Gasteiger partial charge in [0.05, 0.1) is 5.92 Å². The van der Waals surface area contributed by atoms with Gasteiger partial charge in [0, 0.05) is 12.1 Å². The van der Waals surface area contributed by atoms with Gasteiger partial charge in [-0.05, 0) is 37.8 Å². The van der Waals surface area contributed by atoms with Crippen molar-refractivity contribution in [3.05, 3.63) is 35.4 Å². The third-order valence-electron chi connectivity index (χ3n) is 4.30. The Kier molecular flexibility index (Phi) is 4.93. The second-order valence-electron chi connectivity index (χ2n) is 6.06. The molecule has 2 rings (SSSR count). The maximum absolute atomic E-state index is 13.5. The zero-order valence-corrected chi connectivity index (χ0v) is 12.3. The van der Waals surface area contributed by atoms with Crippen LogP contribution < -0.4 is 11.1 Å². The van der Waals surface area contributed by atoms with E-state index in [1.54, 1.807) is 0 Å². The van der Waals surface area contributed by atoms with E-state index in [0.717, 1.165) is 31.7 Å². The lowest BCUT2D eigenvalue weighted by molar-refractivity contribution is -0.128. The third kappa shape index (κ3) is 3.79. The van der Waals surface area contributed by atoms with E-state index < -0.39 is 17.2 Å². The number of amides is 1. The van der Waals surface area contributed by atoms with E-state index in [0.29, 0.717) is 0 Å². The van der Waals surface area contributed by atoms with Crippen molar-refractivity contribution in [2.24, 2.45) is 11.7 Å². The topological polar surface area (TPSA) is 55.1 Å². The molecule has 116 valence electrons. The molecule has 2 atom stereocenters. The van der Waals surface area contributed by atoms with Gasteiger partial charge in [-0.2, -0.15) is 0 Å². The summed E-state index contributed by atoms with van der Waals surface area (Å²) in [7, 11) is 0. The Morgan fingerprint density at radius 2 is 2.19 bits per heavy atom. The molecule has 1 saturated carbocycles. The van der Waals surface area contributed by atoms with Gasteiger partial charge in [0.1, 0.15) is 0 Å². The van der Waals surface area contributed by atoms with Gasteiger partial charge >= 0.3 is 0 Å². The fourth-order valence-corrected chi connectivity index (χ4v) is 2.97. The predicted molar refractivity (Wildman–Crippen MR) is 77.6 cm³/mol. The number of halogens is 2. The summed E-state index contributed by atoms with van der Waals surface area (Å²) in [6, 6.07) is 4.07. The maximum atomic E-state index is 13.5. The summed E-state index contributed by atoms with van der Waals surface area (Å²) in [6.45, 7) is 2.19. The highest BCUT2D eigenvalue weighted by molar-refractivity contribution is 5.80. The molecule has 1 aromatic carbocycles. The molecule has 0 bridgehead atoms. The fourth-order valence-electron chi connectivity index (χ4n) is 2.97. The molecule has 1 fully saturated rings. The highest BCUT2D eigenvalue weighted by Crippen LogP contribution is 2.31. The molecule has 1 aliphatic rings. The SMILES string of the molecule is CC1(N)CCCCC1C(=O)NCCc1cccc(F)c1F. The summed E-state index contributed by atoms with van der Waals surface area (Å²) in [6.07, 6.45) is 3.94. The molecule has 1 aliphatic carbocycles. The highest BCUT2D eigenvalue weighted by Gasteiger charge is 2.37. The van der Waals surface area contributed by atoms with Crippen molar-refractivity contribution < 1.29 is 13.6 Å². The summed E-state index contributed by atoms with van der Waals surface area (Å²) in [5.41, 5.74) is 5.97. The summed E-state index contributed by atoms with van der Waals surface area (Å²) in [5, 5.41) is 2.80. The highest BCUT2D eigenvalue weighted by atomic mass is 19.2. The number of carbonyl (C=O) groups excluding carboxylic acids is 1. The lowest BCUT2D eigenvalue weighted by Crippen LogP contribution is -2.53.